The predicted molar refractivity (Wildman–Crippen MR) is 66.0 cm³/mol. The van der Waals surface area contributed by atoms with Gasteiger partial charge in [0.2, 0.25) is 0 Å². The molecule has 1 rings (SSSR count). The molecule has 2 atom stereocenters. The molecule has 84 valence electrons. The van der Waals surface area contributed by atoms with Gasteiger partial charge in [0.15, 0.2) is 0 Å². The molecule has 14 heavy (non-hydrogen) atoms. The van der Waals surface area contributed by atoms with Gasteiger partial charge >= 0.3 is 0 Å². The van der Waals surface area contributed by atoms with Crippen LogP contribution < -0.4 is 5.32 Å². The number of nitrogens with one attached hydrogen (secondary N) is 1. The lowest BCUT2D eigenvalue weighted by atomic mass is 10.0. The van der Waals surface area contributed by atoms with Crippen molar-refractivity contribution in [1.29, 1.82) is 0 Å². The molecule has 0 aromatic heterocycles. The average Bonchev–Trinajstić information content (AvgIpc) is 2.15. The zero-order valence-electron chi connectivity index (χ0n) is 9.92. The Morgan fingerprint density at radius 3 is 2.71 bits per heavy atom. The van der Waals surface area contributed by atoms with Crippen LogP contribution in [0.4, 0.5) is 0 Å². The van der Waals surface area contributed by atoms with Gasteiger partial charge in [0, 0.05) is 36.7 Å². The third-order valence-electron chi connectivity index (χ3n) is 3.03. The summed E-state index contributed by atoms with van der Waals surface area (Å²) < 4.78 is 0. The molecular weight excluding hydrogens is 192 g/mol. The highest BCUT2D eigenvalue weighted by molar-refractivity contribution is 7.99. The zero-order valence-corrected chi connectivity index (χ0v) is 10.7. The molecule has 0 bridgehead atoms. The van der Waals surface area contributed by atoms with Crippen LogP contribution in [0.25, 0.3) is 0 Å². The van der Waals surface area contributed by atoms with Gasteiger partial charge in [-0.3, -0.25) is 4.90 Å². The van der Waals surface area contributed by atoms with Gasteiger partial charge in [-0.15, -0.1) is 0 Å². The second-order valence-corrected chi connectivity index (χ2v) is 5.68. The Balaban J connectivity index is 2.55. The molecule has 1 N–H and O–H groups in total. The van der Waals surface area contributed by atoms with E-state index in [4.69, 9.17) is 0 Å². The molecule has 0 aromatic carbocycles. The van der Waals surface area contributed by atoms with Crippen LogP contribution in [0.5, 0.6) is 0 Å². The van der Waals surface area contributed by atoms with Crippen LogP contribution in [0, 0.1) is 5.92 Å². The molecule has 1 aliphatic rings. The number of hydrogen-bond donors (Lipinski definition) is 1. The maximum atomic E-state index is 3.32. The molecule has 2 unspecified atom stereocenters. The van der Waals surface area contributed by atoms with Crippen molar-refractivity contribution in [1.82, 2.24) is 10.2 Å². The topological polar surface area (TPSA) is 15.3 Å². The smallest absolute Gasteiger partial charge is 0.0246 e. The van der Waals surface area contributed by atoms with Crippen molar-refractivity contribution in [2.45, 2.75) is 32.9 Å². The monoisotopic (exact) mass is 216 g/mol. The van der Waals surface area contributed by atoms with Crippen molar-refractivity contribution >= 4 is 11.8 Å². The van der Waals surface area contributed by atoms with Gasteiger partial charge in [-0.05, 0) is 19.9 Å². The Bertz CT molecular complexity index is 159. The second kappa shape index (κ2) is 5.99. The van der Waals surface area contributed by atoms with Gasteiger partial charge in [-0.1, -0.05) is 13.8 Å². The Hall–Kier alpha value is 0.270. The maximum absolute atomic E-state index is 3.32. The summed E-state index contributed by atoms with van der Waals surface area (Å²) in [5.41, 5.74) is 0. The van der Waals surface area contributed by atoms with E-state index in [1.807, 2.05) is 0 Å². The van der Waals surface area contributed by atoms with Crippen LogP contribution in [-0.2, 0) is 0 Å². The fourth-order valence-electron chi connectivity index (χ4n) is 2.18. The van der Waals surface area contributed by atoms with Crippen LogP contribution in [0.15, 0.2) is 0 Å². The summed E-state index contributed by atoms with van der Waals surface area (Å²) in [6, 6.07) is 1.45. The first-order valence-corrected chi connectivity index (χ1v) is 6.80. The van der Waals surface area contributed by atoms with Crippen LogP contribution in [0.3, 0.4) is 0 Å². The summed E-state index contributed by atoms with van der Waals surface area (Å²) in [5.74, 6) is 3.34. The van der Waals surface area contributed by atoms with Crippen molar-refractivity contribution < 1.29 is 0 Å². The van der Waals surface area contributed by atoms with Crippen LogP contribution in [-0.4, -0.2) is 48.6 Å². The summed E-state index contributed by atoms with van der Waals surface area (Å²) in [6.45, 7) is 9.40. The Kier molecular flexibility index (Phi) is 5.28. The summed E-state index contributed by atoms with van der Waals surface area (Å²) >= 11 is 2.09. The quantitative estimate of drug-likeness (QED) is 0.769. The lowest BCUT2D eigenvalue weighted by molar-refractivity contribution is 0.124. The zero-order chi connectivity index (χ0) is 10.6. The van der Waals surface area contributed by atoms with Gasteiger partial charge in [0.25, 0.3) is 0 Å². The standard InChI is InChI=1S/C11H24N2S/c1-9(2)11(7-12-4)13-5-6-14-8-10(13)3/h9-12H,5-8H2,1-4H3. The van der Waals surface area contributed by atoms with Gasteiger partial charge in [-0.2, -0.15) is 11.8 Å². The molecule has 0 aliphatic carbocycles. The molecule has 1 fully saturated rings. The van der Waals surface area contributed by atoms with Crippen molar-refractivity contribution in [2.75, 3.05) is 31.6 Å². The normalized spacial score (nSPS) is 26.8. The summed E-state index contributed by atoms with van der Waals surface area (Å²) in [6.07, 6.45) is 0. The van der Waals surface area contributed by atoms with Crippen molar-refractivity contribution in [3.05, 3.63) is 0 Å². The molecule has 0 spiro atoms. The molecule has 0 radical (unpaired) electrons. The van der Waals surface area contributed by atoms with E-state index in [1.54, 1.807) is 0 Å². The predicted octanol–water partition coefficient (Wildman–Crippen LogP) is 1.67. The molecule has 0 amide bonds. The fraction of sp³-hybridized carbons (Fsp3) is 1.00. The number of likely N-dealkylation sites (N-methyl/N-ethyl adjacent to an activating group) is 1. The molecule has 0 saturated carbocycles. The van der Waals surface area contributed by atoms with Gasteiger partial charge in [0.1, 0.15) is 0 Å². The van der Waals surface area contributed by atoms with E-state index >= 15 is 0 Å². The highest BCUT2D eigenvalue weighted by Gasteiger charge is 2.27. The number of hydrogen-bond acceptors (Lipinski definition) is 3. The SMILES string of the molecule is CNCC(C(C)C)N1CCSCC1C. The van der Waals surface area contributed by atoms with E-state index in [0.29, 0.717) is 6.04 Å². The van der Waals surface area contributed by atoms with Crippen LogP contribution in [0.1, 0.15) is 20.8 Å². The lowest BCUT2D eigenvalue weighted by Gasteiger charge is -2.41. The minimum absolute atomic E-state index is 0.705. The minimum Gasteiger partial charge on any atom is -0.318 e. The van der Waals surface area contributed by atoms with E-state index in [9.17, 15) is 0 Å². The highest BCUT2D eigenvalue weighted by Crippen LogP contribution is 2.21. The minimum atomic E-state index is 0.705. The average molecular weight is 216 g/mol. The van der Waals surface area contributed by atoms with E-state index in [1.165, 1.54) is 18.1 Å². The summed E-state index contributed by atoms with van der Waals surface area (Å²) in [5, 5.41) is 3.32. The Morgan fingerprint density at radius 2 is 2.21 bits per heavy atom. The van der Waals surface area contributed by atoms with Crippen molar-refractivity contribution in [3.63, 3.8) is 0 Å². The first-order chi connectivity index (χ1) is 6.66. The maximum Gasteiger partial charge on any atom is 0.0246 e. The lowest BCUT2D eigenvalue weighted by Crippen LogP contribution is -2.52. The fourth-order valence-corrected chi connectivity index (χ4v) is 3.22. The van der Waals surface area contributed by atoms with Crippen LogP contribution >= 0.6 is 11.8 Å². The van der Waals surface area contributed by atoms with E-state index in [0.717, 1.165) is 18.5 Å². The molecular formula is C11H24N2S. The Labute approximate surface area is 92.8 Å². The molecule has 1 heterocycles. The third-order valence-corrected chi connectivity index (χ3v) is 4.22. The molecule has 1 aliphatic heterocycles. The van der Waals surface area contributed by atoms with Crippen LogP contribution in [0.2, 0.25) is 0 Å². The number of rotatable bonds is 4. The number of thioether (sulfide) groups is 1. The third kappa shape index (κ3) is 3.14. The Morgan fingerprint density at radius 1 is 1.50 bits per heavy atom. The van der Waals surface area contributed by atoms with Gasteiger partial charge < -0.3 is 5.32 Å². The summed E-state index contributed by atoms with van der Waals surface area (Å²) in [7, 11) is 2.05. The van der Waals surface area contributed by atoms with Gasteiger partial charge in [0.05, 0.1) is 0 Å². The van der Waals surface area contributed by atoms with Gasteiger partial charge in [-0.25, -0.2) is 0 Å². The molecule has 0 aromatic rings. The molecule has 3 heteroatoms. The second-order valence-electron chi connectivity index (χ2n) is 4.53. The first kappa shape index (κ1) is 12.3. The van der Waals surface area contributed by atoms with E-state index in [2.05, 4.69) is 49.8 Å². The largest absolute Gasteiger partial charge is 0.318 e. The highest BCUT2D eigenvalue weighted by atomic mass is 32.2. The molecule has 1 saturated heterocycles. The first-order valence-electron chi connectivity index (χ1n) is 5.65. The summed E-state index contributed by atoms with van der Waals surface area (Å²) in [4.78, 5) is 2.68. The van der Waals surface area contributed by atoms with Crippen molar-refractivity contribution in [3.8, 4) is 0 Å². The molecule has 2 nitrogen and oxygen atoms in total. The van der Waals surface area contributed by atoms with E-state index in [-0.39, 0.29) is 0 Å². The van der Waals surface area contributed by atoms with Crippen molar-refractivity contribution in [2.24, 2.45) is 5.92 Å². The number of nitrogens with zero attached hydrogens (tertiary/aromatic N) is 1. The van der Waals surface area contributed by atoms with E-state index < -0.39 is 0 Å².